The van der Waals surface area contributed by atoms with E-state index in [9.17, 15) is 4.79 Å². The molecule has 2 fully saturated rings. The van der Waals surface area contributed by atoms with E-state index in [0.717, 1.165) is 25.7 Å². The lowest BCUT2D eigenvalue weighted by Crippen LogP contribution is -2.38. The first-order valence-corrected chi connectivity index (χ1v) is 7.96. The Bertz CT molecular complexity index is 558. The molecule has 126 valence electrons. The molecule has 1 aromatic carbocycles. The average Bonchev–Trinajstić information content (AvgIpc) is 3.03. The van der Waals surface area contributed by atoms with E-state index < -0.39 is 5.79 Å². The van der Waals surface area contributed by atoms with Gasteiger partial charge in [0.25, 0.3) is 0 Å². The summed E-state index contributed by atoms with van der Waals surface area (Å²) in [6.45, 7) is 1.31. The van der Waals surface area contributed by atoms with Crippen molar-refractivity contribution in [1.82, 2.24) is 0 Å². The fraction of sp³-hybridized carbons (Fsp3) is 0.588. The Balaban J connectivity index is 1.59. The second-order valence-corrected chi connectivity index (χ2v) is 5.94. The number of nitrogens with one attached hydrogen (secondary N) is 1. The molecule has 1 aromatic rings. The van der Waals surface area contributed by atoms with Crippen LogP contribution in [-0.2, 0) is 14.3 Å². The molecular weight excluding hydrogens is 298 g/mol. The number of methoxy groups -OCH3 is 2. The molecule has 0 bridgehead atoms. The van der Waals surface area contributed by atoms with Crippen molar-refractivity contribution in [2.24, 2.45) is 5.92 Å². The van der Waals surface area contributed by atoms with E-state index in [1.54, 1.807) is 26.4 Å². The molecule has 0 radical (unpaired) electrons. The molecule has 1 saturated heterocycles. The minimum absolute atomic E-state index is 0.0125. The van der Waals surface area contributed by atoms with Crippen molar-refractivity contribution >= 4 is 11.6 Å². The number of carbonyl (C=O) groups excluding carboxylic acids is 1. The van der Waals surface area contributed by atoms with E-state index >= 15 is 0 Å². The summed E-state index contributed by atoms with van der Waals surface area (Å²) in [6, 6.07) is 5.36. The highest BCUT2D eigenvalue weighted by Crippen LogP contribution is 2.39. The molecule has 1 saturated carbocycles. The van der Waals surface area contributed by atoms with Gasteiger partial charge in [0.15, 0.2) is 17.3 Å². The summed E-state index contributed by atoms with van der Waals surface area (Å²) in [5.74, 6) is 0.827. The number of hydrogen-bond acceptors (Lipinski definition) is 5. The Morgan fingerprint density at radius 1 is 1.13 bits per heavy atom. The highest BCUT2D eigenvalue weighted by atomic mass is 16.7. The molecule has 6 nitrogen and oxygen atoms in total. The molecule has 1 aliphatic carbocycles. The largest absolute Gasteiger partial charge is 0.493 e. The van der Waals surface area contributed by atoms with Gasteiger partial charge >= 0.3 is 0 Å². The Labute approximate surface area is 136 Å². The number of ether oxygens (including phenoxy) is 4. The number of rotatable bonds is 4. The highest BCUT2D eigenvalue weighted by molar-refractivity contribution is 5.92. The molecule has 6 heteroatoms. The quantitative estimate of drug-likeness (QED) is 0.923. The second-order valence-electron chi connectivity index (χ2n) is 5.94. The Morgan fingerprint density at radius 3 is 2.39 bits per heavy atom. The first-order valence-electron chi connectivity index (χ1n) is 7.96. The lowest BCUT2D eigenvalue weighted by atomic mass is 9.84. The molecule has 1 spiro atoms. The Morgan fingerprint density at radius 2 is 1.78 bits per heavy atom. The molecule has 0 atom stereocenters. The summed E-state index contributed by atoms with van der Waals surface area (Å²) in [7, 11) is 3.16. The molecule has 0 aromatic heterocycles. The van der Waals surface area contributed by atoms with E-state index in [2.05, 4.69) is 5.32 Å². The van der Waals surface area contributed by atoms with Crippen LogP contribution in [0.1, 0.15) is 25.7 Å². The third kappa shape index (κ3) is 3.43. The van der Waals surface area contributed by atoms with E-state index in [4.69, 9.17) is 18.9 Å². The van der Waals surface area contributed by atoms with Crippen molar-refractivity contribution in [2.45, 2.75) is 31.5 Å². The van der Waals surface area contributed by atoms with Gasteiger partial charge in [0, 0.05) is 30.5 Å². The van der Waals surface area contributed by atoms with Crippen LogP contribution in [0, 0.1) is 5.92 Å². The molecule has 1 amide bonds. The monoisotopic (exact) mass is 321 g/mol. The van der Waals surface area contributed by atoms with Crippen molar-refractivity contribution in [3.05, 3.63) is 18.2 Å². The van der Waals surface area contributed by atoms with Crippen LogP contribution in [0.3, 0.4) is 0 Å². The summed E-state index contributed by atoms with van der Waals surface area (Å²) in [5, 5.41) is 2.96. The summed E-state index contributed by atoms with van der Waals surface area (Å²) in [6.07, 6.45) is 3.10. The number of carbonyl (C=O) groups is 1. The zero-order chi connectivity index (χ0) is 16.3. The Kier molecular flexibility index (Phi) is 4.73. The minimum atomic E-state index is -0.430. The lowest BCUT2D eigenvalue weighted by molar-refractivity contribution is -0.182. The zero-order valence-electron chi connectivity index (χ0n) is 13.6. The van der Waals surface area contributed by atoms with Crippen LogP contribution in [0.4, 0.5) is 5.69 Å². The Hall–Kier alpha value is -1.79. The van der Waals surface area contributed by atoms with Crippen LogP contribution in [0.2, 0.25) is 0 Å². The first-order chi connectivity index (χ1) is 11.2. The zero-order valence-corrected chi connectivity index (χ0v) is 13.6. The van der Waals surface area contributed by atoms with Gasteiger partial charge in [-0.15, -0.1) is 0 Å². The van der Waals surface area contributed by atoms with Crippen molar-refractivity contribution in [1.29, 1.82) is 0 Å². The van der Waals surface area contributed by atoms with E-state index in [-0.39, 0.29) is 11.8 Å². The second kappa shape index (κ2) is 6.76. The van der Waals surface area contributed by atoms with Gasteiger partial charge in [-0.05, 0) is 25.0 Å². The molecule has 23 heavy (non-hydrogen) atoms. The van der Waals surface area contributed by atoms with Gasteiger partial charge in [0.2, 0.25) is 5.91 Å². The SMILES string of the molecule is COc1ccc(NC(=O)C2CCC3(CC2)OCCO3)cc1OC. The van der Waals surface area contributed by atoms with E-state index in [1.807, 2.05) is 6.07 Å². The summed E-state index contributed by atoms with van der Waals surface area (Å²) >= 11 is 0. The van der Waals surface area contributed by atoms with Crippen molar-refractivity contribution in [3.8, 4) is 11.5 Å². The van der Waals surface area contributed by atoms with Gasteiger partial charge < -0.3 is 24.3 Å². The van der Waals surface area contributed by atoms with Crippen LogP contribution in [0.25, 0.3) is 0 Å². The predicted molar refractivity (Wildman–Crippen MR) is 84.8 cm³/mol. The molecule has 1 heterocycles. The number of amides is 1. The number of anilines is 1. The smallest absolute Gasteiger partial charge is 0.227 e. The maximum Gasteiger partial charge on any atom is 0.227 e. The van der Waals surface area contributed by atoms with Crippen LogP contribution in [-0.4, -0.2) is 39.1 Å². The van der Waals surface area contributed by atoms with E-state index in [0.29, 0.717) is 30.4 Å². The maximum absolute atomic E-state index is 12.5. The van der Waals surface area contributed by atoms with Crippen molar-refractivity contribution in [3.63, 3.8) is 0 Å². The third-order valence-electron chi connectivity index (χ3n) is 4.58. The highest BCUT2D eigenvalue weighted by Gasteiger charge is 2.41. The molecule has 3 rings (SSSR count). The summed E-state index contributed by atoms with van der Waals surface area (Å²) in [4.78, 5) is 12.5. The van der Waals surface area contributed by atoms with Crippen LogP contribution >= 0.6 is 0 Å². The fourth-order valence-corrected chi connectivity index (χ4v) is 3.26. The predicted octanol–water partition coefficient (Wildman–Crippen LogP) is 2.58. The molecule has 0 unspecified atom stereocenters. The standard InChI is InChI=1S/C17H23NO5/c1-20-14-4-3-13(11-15(14)21-2)18-16(19)12-5-7-17(8-6-12)22-9-10-23-17/h3-4,11-12H,5-10H2,1-2H3,(H,18,19). The van der Waals surface area contributed by atoms with Gasteiger partial charge in [-0.1, -0.05) is 0 Å². The lowest BCUT2D eigenvalue weighted by Gasteiger charge is -2.34. The van der Waals surface area contributed by atoms with Gasteiger partial charge in [-0.25, -0.2) is 0 Å². The first kappa shape index (κ1) is 16.1. The van der Waals surface area contributed by atoms with Crippen LogP contribution in [0.15, 0.2) is 18.2 Å². The molecule has 1 N–H and O–H groups in total. The van der Waals surface area contributed by atoms with E-state index in [1.165, 1.54) is 0 Å². The molecule has 1 aliphatic heterocycles. The summed E-state index contributed by atoms with van der Waals surface area (Å²) < 4.78 is 21.9. The normalized spacial score (nSPS) is 20.4. The third-order valence-corrected chi connectivity index (χ3v) is 4.58. The molecular formula is C17H23NO5. The maximum atomic E-state index is 12.5. The van der Waals surface area contributed by atoms with Crippen molar-refractivity contribution in [2.75, 3.05) is 32.8 Å². The topological polar surface area (TPSA) is 66.0 Å². The average molecular weight is 321 g/mol. The van der Waals surface area contributed by atoms with Crippen LogP contribution in [0.5, 0.6) is 11.5 Å². The minimum Gasteiger partial charge on any atom is -0.493 e. The fourth-order valence-electron chi connectivity index (χ4n) is 3.26. The van der Waals surface area contributed by atoms with Gasteiger partial charge in [0.1, 0.15) is 0 Å². The summed E-state index contributed by atoms with van der Waals surface area (Å²) in [5.41, 5.74) is 0.710. The van der Waals surface area contributed by atoms with Crippen LogP contribution < -0.4 is 14.8 Å². The number of benzene rings is 1. The molecule has 2 aliphatic rings. The van der Waals surface area contributed by atoms with Gasteiger partial charge in [-0.3, -0.25) is 4.79 Å². The number of hydrogen-bond donors (Lipinski definition) is 1. The van der Waals surface area contributed by atoms with Gasteiger partial charge in [0.05, 0.1) is 27.4 Å². The van der Waals surface area contributed by atoms with Gasteiger partial charge in [-0.2, -0.15) is 0 Å². The van der Waals surface area contributed by atoms with Crippen molar-refractivity contribution < 1.29 is 23.7 Å².